The molecule has 1 saturated carbocycles. The maximum absolute atomic E-state index is 5.52. The van der Waals surface area contributed by atoms with Gasteiger partial charge in [-0.3, -0.25) is 0 Å². The molecule has 1 aromatic carbocycles. The van der Waals surface area contributed by atoms with Gasteiger partial charge in [-0.25, -0.2) is 0 Å². The molecule has 0 radical (unpaired) electrons. The fraction of sp³-hybridized carbons (Fsp3) is 0.600. The molecule has 0 bridgehead atoms. The van der Waals surface area contributed by atoms with E-state index in [1.165, 1.54) is 18.4 Å². The molecule has 1 aromatic rings. The highest BCUT2D eigenvalue weighted by atomic mass is 16.5. The van der Waals surface area contributed by atoms with Crippen molar-refractivity contribution in [3.05, 3.63) is 23.8 Å². The van der Waals surface area contributed by atoms with Crippen LogP contribution in [0, 0.1) is 5.92 Å². The highest BCUT2D eigenvalue weighted by Gasteiger charge is 2.35. The zero-order chi connectivity index (χ0) is 13.1. The molecule has 100 valence electrons. The van der Waals surface area contributed by atoms with E-state index in [4.69, 9.17) is 9.47 Å². The summed E-state index contributed by atoms with van der Waals surface area (Å²) in [6, 6.07) is 6.62. The van der Waals surface area contributed by atoms with E-state index in [1.54, 1.807) is 14.2 Å². The van der Waals surface area contributed by atoms with Gasteiger partial charge >= 0.3 is 0 Å². The Labute approximate surface area is 109 Å². The van der Waals surface area contributed by atoms with Crippen molar-refractivity contribution in [2.75, 3.05) is 21.3 Å². The summed E-state index contributed by atoms with van der Waals surface area (Å²) in [5.74, 6) is 3.00. The van der Waals surface area contributed by atoms with E-state index < -0.39 is 0 Å². The van der Waals surface area contributed by atoms with Crippen LogP contribution < -0.4 is 14.8 Å². The monoisotopic (exact) mass is 249 g/mol. The Morgan fingerprint density at radius 1 is 1.11 bits per heavy atom. The molecular formula is C15H23NO2. The van der Waals surface area contributed by atoms with E-state index in [0.717, 1.165) is 11.5 Å². The van der Waals surface area contributed by atoms with Gasteiger partial charge in [-0.15, -0.1) is 0 Å². The summed E-state index contributed by atoms with van der Waals surface area (Å²) in [5, 5.41) is 3.41. The third-order valence-corrected chi connectivity index (χ3v) is 4.27. The average molecular weight is 249 g/mol. The number of hydrogen-bond acceptors (Lipinski definition) is 3. The minimum Gasteiger partial charge on any atom is -0.496 e. The van der Waals surface area contributed by atoms with Crippen molar-refractivity contribution in [2.45, 2.75) is 31.7 Å². The second-order valence-electron chi connectivity index (χ2n) is 5.01. The summed E-state index contributed by atoms with van der Waals surface area (Å²) in [4.78, 5) is 0. The fourth-order valence-electron chi connectivity index (χ4n) is 3.23. The molecular weight excluding hydrogens is 226 g/mol. The van der Waals surface area contributed by atoms with Gasteiger partial charge in [0.05, 0.1) is 14.2 Å². The first-order chi connectivity index (χ1) is 8.72. The SMILES string of the molecule is CNC1CCC(c2c(OC)cccc2OC)C1C. The summed E-state index contributed by atoms with van der Waals surface area (Å²) in [5.41, 5.74) is 1.23. The van der Waals surface area contributed by atoms with Gasteiger partial charge in [0.25, 0.3) is 0 Å². The molecule has 0 spiro atoms. The van der Waals surface area contributed by atoms with Crippen LogP contribution in [0.2, 0.25) is 0 Å². The predicted molar refractivity (Wildman–Crippen MR) is 73.5 cm³/mol. The second-order valence-corrected chi connectivity index (χ2v) is 5.01. The molecule has 0 saturated heterocycles. The van der Waals surface area contributed by atoms with Crippen LogP contribution in [0.1, 0.15) is 31.2 Å². The third kappa shape index (κ3) is 2.19. The molecule has 18 heavy (non-hydrogen) atoms. The molecule has 1 aliphatic rings. The quantitative estimate of drug-likeness (QED) is 0.890. The zero-order valence-corrected chi connectivity index (χ0v) is 11.7. The Hall–Kier alpha value is -1.22. The number of nitrogens with one attached hydrogen (secondary N) is 1. The number of methoxy groups -OCH3 is 2. The molecule has 0 aliphatic heterocycles. The lowest BCUT2D eigenvalue weighted by Gasteiger charge is -2.24. The average Bonchev–Trinajstić information content (AvgIpc) is 2.78. The Balaban J connectivity index is 2.38. The maximum Gasteiger partial charge on any atom is 0.126 e. The predicted octanol–water partition coefficient (Wildman–Crippen LogP) is 2.81. The van der Waals surface area contributed by atoms with Gasteiger partial charge in [-0.2, -0.15) is 0 Å². The first-order valence-electron chi connectivity index (χ1n) is 6.61. The molecule has 1 aliphatic carbocycles. The number of rotatable bonds is 4. The Morgan fingerprint density at radius 2 is 1.72 bits per heavy atom. The molecule has 0 heterocycles. The highest BCUT2D eigenvalue weighted by molar-refractivity contribution is 5.48. The van der Waals surface area contributed by atoms with Gasteiger partial charge in [0.15, 0.2) is 0 Å². The minimum atomic E-state index is 0.508. The van der Waals surface area contributed by atoms with Gasteiger partial charge < -0.3 is 14.8 Å². The lowest BCUT2D eigenvalue weighted by atomic mass is 9.87. The lowest BCUT2D eigenvalue weighted by molar-refractivity contribution is 0.361. The molecule has 3 unspecified atom stereocenters. The number of benzene rings is 1. The van der Waals surface area contributed by atoms with Gasteiger partial charge in [-0.1, -0.05) is 13.0 Å². The summed E-state index contributed by atoms with van der Waals surface area (Å²) in [6.45, 7) is 2.31. The van der Waals surface area contributed by atoms with Gasteiger partial charge in [0.2, 0.25) is 0 Å². The van der Waals surface area contributed by atoms with Crippen molar-refractivity contribution in [1.82, 2.24) is 5.32 Å². The van der Waals surface area contributed by atoms with E-state index >= 15 is 0 Å². The third-order valence-electron chi connectivity index (χ3n) is 4.27. The second kappa shape index (κ2) is 5.61. The van der Waals surface area contributed by atoms with E-state index in [9.17, 15) is 0 Å². The maximum atomic E-state index is 5.52. The summed E-state index contributed by atoms with van der Waals surface area (Å²) in [6.07, 6.45) is 2.40. The molecule has 3 heteroatoms. The van der Waals surface area contributed by atoms with Gasteiger partial charge in [0.1, 0.15) is 11.5 Å². The number of ether oxygens (including phenoxy) is 2. The first kappa shape index (κ1) is 13.2. The smallest absolute Gasteiger partial charge is 0.126 e. The van der Waals surface area contributed by atoms with Crippen LogP contribution in [-0.2, 0) is 0 Å². The van der Waals surface area contributed by atoms with Crippen molar-refractivity contribution in [1.29, 1.82) is 0 Å². The van der Waals surface area contributed by atoms with Crippen LogP contribution in [-0.4, -0.2) is 27.3 Å². The highest BCUT2D eigenvalue weighted by Crippen LogP contribution is 2.46. The molecule has 1 N–H and O–H groups in total. The van der Waals surface area contributed by atoms with E-state index in [-0.39, 0.29) is 0 Å². The largest absolute Gasteiger partial charge is 0.496 e. The molecule has 2 rings (SSSR count). The van der Waals surface area contributed by atoms with E-state index in [0.29, 0.717) is 17.9 Å². The Morgan fingerprint density at radius 3 is 2.17 bits per heavy atom. The van der Waals surface area contributed by atoms with E-state index in [2.05, 4.69) is 12.2 Å². The van der Waals surface area contributed by atoms with Crippen molar-refractivity contribution in [2.24, 2.45) is 5.92 Å². The van der Waals surface area contributed by atoms with Crippen LogP contribution in [0.3, 0.4) is 0 Å². The summed E-state index contributed by atoms with van der Waals surface area (Å²) in [7, 11) is 5.50. The van der Waals surface area contributed by atoms with Crippen LogP contribution in [0.15, 0.2) is 18.2 Å². The van der Waals surface area contributed by atoms with Crippen LogP contribution in [0.5, 0.6) is 11.5 Å². The first-order valence-corrected chi connectivity index (χ1v) is 6.61. The molecule has 0 amide bonds. The van der Waals surface area contributed by atoms with Crippen molar-refractivity contribution < 1.29 is 9.47 Å². The van der Waals surface area contributed by atoms with Crippen LogP contribution in [0.25, 0.3) is 0 Å². The Kier molecular flexibility index (Phi) is 4.12. The van der Waals surface area contributed by atoms with Gasteiger partial charge in [0, 0.05) is 11.6 Å². The van der Waals surface area contributed by atoms with Crippen molar-refractivity contribution >= 4 is 0 Å². The van der Waals surface area contributed by atoms with Crippen LogP contribution in [0.4, 0.5) is 0 Å². The molecule has 3 nitrogen and oxygen atoms in total. The normalized spacial score (nSPS) is 27.2. The fourth-order valence-corrected chi connectivity index (χ4v) is 3.23. The Bertz CT molecular complexity index is 383. The molecule has 3 atom stereocenters. The zero-order valence-electron chi connectivity index (χ0n) is 11.7. The van der Waals surface area contributed by atoms with Crippen molar-refractivity contribution in [3.63, 3.8) is 0 Å². The topological polar surface area (TPSA) is 30.5 Å². The minimum absolute atomic E-state index is 0.508. The van der Waals surface area contributed by atoms with Crippen LogP contribution >= 0.6 is 0 Å². The van der Waals surface area contributed by atoms with E-state index in [1.807, 2.05) is 25.2 Å². The lowest BCUT2D eigenvalue weighted by Crippen LogP contribution is -2.29. The number of hydrogen-bond donors (Lipinski definition) is 1. The van der Waals surface area contributed by atoms with Gasteiger partial charge in [-0.05, 0) is 43.9 Å². The molecule has 1 fully saturated rings. The standard InChI is InChI=1S/C15H23NO2/c1-10-11(8-9-12(10)16-2)15-13(17-3)6-5-7-14(15)18-4/h5-7,10-12,16H,8-9H2,1-4H3. The summed E-state index contributed by atoms with van der Waals surface area (Å²) >= 11 is 0. The molecule has 0 aromatic heterocycles. The summed E-state index contributed by atoms with van der Waals surface area (Å²) < 4.78 is 11.0. The van der Waals surface area contributed by atoms with Crippen molar-refractivity contribution in [3.8, 4) is 11.5 Å².